The Labute approximate surface area is 101 Å². The molecule has 0 spiro atoms. The van der Waals surface area contributed by atoms with Gasteiger partial charge in [0.2, 0.25) is 5.91 Å². The van der Waals surface area contributed by atoms with E-state index >= 15 is 0 Å². The van der Waals surface area contributed by atoms with Crippen LogP contribution in [0.25, 0.3) is 0 Å². The zero-order valence-electron chi connectivity index (χ0n) is 9.95. The molecule has 1 aliphatic rings. The largest absolute Gasteiger partial charge is 0.467 e. The third kappa shape index (κ3) is 3.60. The molecule has 0 atom stereocenters. The van der Waals surface area contributed by atoms with Gasteiger partial charge in [-0.15, -0.1) is 0 Å². The van der Waals surface area contributed by atoms with Crippen LogP contribution in [0.4, 0.5) is 0 Å². The van der Waals surface area contributed by atoms with Crippen LogP contribution in [0, 0.1) is 0 Å². The van der Waals surface area contributed by atoms with E-state index in [4.69, 9.17) is 4.42 Å². The Morgan fingerprint density at radius 1 is 1.41 bits per heavy atom. The molecule has 1 fully saturated rings. The van der Waals surface area contributed by atoms with Crippen LogP contribution in [0.1, 0.15) is 44.3 Å². The maximum atomic E-state index is 11.7. The molecule has 0 aromatic carbocycles. The van der Waals surface area contributed by atoms with Gasteiger partial charge in [0.25, 0.3) is 0 Å². The molecule has 17 heavy (non-hydrogen) atoms. The molecule has 1 aliphatic carbocycles. The van der Waals surface area contributed by atoms with Gasteiger partial charge in [-0.1, -0.05) is 19.3 Å². The zero-order chi connectivity index (χ0) is 12.1. The maximum absolute atomic E-state index is 11.7. The first kappa shape index (κ1) is 12.2. The third-order valence-corrected chi connectivity index (χ3v) is 3.31. The van der Waals surface area contributed by atoms with E-state index in [1.807, 2.05) is 6.07 Å². The summed E-state index contributed by atoms with van der Waals surface area (Å²) >= 11 is 0. The van der Waals surface area contributed by atoms with Crippen molar-refractivity contribution < 1.29 is 14.3 Å². The molecule has 94 valence electrons. The van der Waals surface area contributed by atoms with Crippen LogP contribution in [-0.4, -0.2) is 16.6 Å². The van der Waals surface area contributed by atoms with Crippen LogP contribution in [0.3, 0.4) is 0 Å². The summed E-state index contributed by atoms with van der Waals surface area (Å²) < 4.78 is 5.12. The molecule has 0 aliphatic heterocycles. The van der Waals surface area contributed by atoms with Gasteiger partial charge in [0, 0.05) is 0 Å². The van der Waals surface area contributed by atoms with E-state index in [1.54, 1.807) is 12.3 Å². The normalized spacial score (nSPS) is 18.9. The van der Waals surface area contributed by atoms with Crippen molar-refractivity contribution in [2.75, 3.05) is 0 Å². The van der Waals surface area contributed by atoms with Crippen molar-refractivity contribution >= 4 is 5.91 Å². The number of rotatable bonds is 4. The first-order chi connectivity index (χ1) is 8.18. The van der Waals surface area contributed by atoms with Gasteiger partial charge in [0.1, 0.15) is 5.76 Å². The first-order valence-corrected chi connectivity index (χ1v) is 6.19. The van der Waals surface area contributed by atoms with Gasteiger partial charge in [0.05, 0.1) is 24.8 Å². The lowest BCUT2D eigenvalue weighted by molar-refractivity contribution is -0.127. The predicted molar refractivity (Wildman–Crippen MR) is 63.2 cm³/mol. The summed E-state index contributed by atoms with van der Waals surface area (Å²) in [5, 5.41) is 13.0. The first-order valence-electron chi connectivity index (χ1n) is 6.19. The molecule has 0 unspecified atom stereocenters. The van der Waals surface area contributed by atoms with E-state index in [1.165, 1.54) is 0 Å². The molecule has 0 saturated heterocycles. The molecule has 2 rings (SSSR count). The van der Waals surface area contributed by atoms with Gasteiger partial charge in [-0.3, -0.25) is 4.79 Å². The summed E-state index contributed by atoms with van der Waals surface area (Å²) in [7, 11) is 0. The molecule has 4 heteroatoms. The van der Waals surface area contributed by atoms with Gasteiger partial charge in [-0.25, -0.2) is 0 Å². The second-order valence-electron chi connectivity index (χ2n) is 4.82. The molecule has 0 radical (unpaired) electrons. The Morgan fingerprint density at radius 3 is 2.82 bits per heavy atom. The highest BCUT2D eigenvalue weighted by Gasteiger charge is 2.31. The van der Waals surface area contributed by atoms with Crippen LogP contribution in [0.2, 0.25) is 0 Å². The quantitative estimate of drug-likeness (QED) is 0.841. The summed E-state index contributed by atoms with van der Waals surface area (Å²) in [6, 6.07) is 3.60. The van der Waals surface area contributed by atoms with E-state index in [9.17, 15) is 9.90 Å². The van der Waals surface area contributed by atoms with Crippen molar-refractivity contribution in [2.45, 2.75) is 50.7 Å². The Bertz CT molecular complexity index is 353. The molecule has 1 saturated carbocycles. The number of carbonyl (C=O) groups is 1. The van der Waals surface area contributed by atoms with Gasteiger partial charge in [0.15, 0.2) is 0 Å². The second-order valence-corrected chi connectivity index (χ2v) is 4.82. The summed E-state index contributed by atoms with van der Waals surface area (Å²) in [5.41, 5.74) is -0.786. The van der Waals surface area contributed by atoms with E-state index in [-0.39, 0.29) is 12.3 Å². The molecular formula is C13H19NO3. The van der Waals surface area contributed by atoms with Crippen LogP contribution in [0.5, 0.6) is 0 Å². The minimum Gasteiger partial charge on any atom is -0.467 e. The van der Waals surface area contributed by atoms with Gasteiger partial charge in [-0.05, 0) is 25.0 Å². The topological polar surface area (TPSA) is 62.5 Å². The summed E-state index contributed by atoms with van der Waals surface area (Å²) in [6.45, 7) is 0.391. The fourth-order valence-corrected chi connectivity index (χ4v) is 2.35. The van der Waals surface area contributed by atoms with Crippen molar-refractivity contribution in [1.82, 2.24) is 5.32 Å². The average Bonchev–Trinajstić information content (AvgIpc) is 2.79. The molecule has 2 N–H and O–H groups in total. The number of carbonyl (C=O) groups excluding carboxylic acids is 1. The van der Waals surface area contributed by atoms with Crippen LogP contribution < -0.4 is 5.32 Å². The lowest BCUT2D eigenvalue weighted by atomic mass is 9.82. The number of amides is 1. The minimum absolute atomic E-state index is 0.106. The van der Waals surface area contributed by atoms with E-state index < -0.39 is 5.60 Å². The third-order valence-electron chi connectivity index (χ3n) is 3.31. The number of aliphatic hydroxyl groups is 1. The minimum atomic E-state index is -0.786. The maximum Gasteiger partial charge on any atom is 0.223 e. The van der Waals surface area contributed by atoms with Crippen LogP contribution in [0.15, 0.2) is 22.8 Å². The van der Waals surface area contributed by atoms with Gasteiger partial charge >= 0.3 is 0 Å². The van der Waals surface area contributed by atoms with Crippen molar-refractivity contribution in [3.8, 4) is 0 Å². The SMILES string of the molecule is O=C(CC1(O)CCCCC1)NCc1ccco1. The van der Waals surface area contributed by atoms with Crippen molar-refractivity contribution in [3.63, 3.8) is 0 Å². The number of nitrogens with one attached hydrogen (secondary N) is 1. The molecule has 1 heterocycles. The summed E-state index contributed by atoms with van der Waals surface area (Å²) in [6.07, 6.45) is 6.45. The van der Waals surface area contributed by atoms with Crippen LogP contribution >= 0.6 is 0 Å². The molecule has 4 nitrogen and oxygen atoms in total. The average molecular weight is 237 g/mol. The van der Waals surface area contributed by atoms with Gasteiger partial charge < -0.3 is 14.8 Å². The summed E-state index contributed by atoms with van der Waals surface area (Å²) in [5.74, 6) is 0.625. The molecule has 1 aromatic heterocycles. The summed E-state index contributed by atoms with van der Waals surface area (Å²) in [4.78, 5) is 11.7. The van der Waals surface area contributed by atoms with Crippen molar-refractivity contribution in [2.24, 2.45) is 0 Å². The molecule has 0 bridgehead atoms. The fraction of sp³-hybridized carbons (Fsp3) is 0.615. The van der Waals surface area contributed by atoms with Crippen molar-refractivity contribution in [1.29, 1.82) is 0 Å². The van der Waals surface area contributed by atoms with E-state index in [0.29, 0.717) is 6.54 Å². The molecular weight excluding hydrogens is 218 g/mol. The number of hydrogen-bond donors (Lipinski definition) is 2. The lowest BCUT2D eigenvalue weighted by Crippen LogP contribution is -2.38. The highest BCUT2D eigenvalue weighted by Crippen LogP contribution is 2.30. The highest BCUT2D eigenvalue weighted by atomic mass is 16.3. The predicted octanol–water partition coefficient (Wildman–Crippen LogP) is 1.98. The van der Waals surface area contributed by atoms with E-state index in [0.717, 1.165) is 37.9 Å². The Kier molecular flexibility index (Phi) is 3.84. The van der Waals surface area contributed by atoms with E-state index in [2.05, 4.69) is 5.32 Å². The zero-order valence-corrected chi connectivity index (χ0v) is 9.95. The fourth-order valence-electron chi connectivity index (χ4n) is 2.35. The molecule has 1 aromatic rings. The number of furan rings is 1. The highest BCUT2D eigenvalue weighted by molar-refractivity contribution is 5.76. The number of hydrogen-bond acceptors (Lipinski definition) is 3. The Hall–Kier alpha value is -1.29. The van der Waals surface area contributed by atoms with Gasteiger partial charge in [-0.2, -0.15) is 0 Å². The molecule has 1 amide bonds. The lowest BCUT2D eigenvalue weighted by Gasteiger charge is -2.31. The van der Waals surface area contributed by atoms with Crippen molar-refractivity contribution in [3.05, 3.63) is 24.2 Å². The second kappa shape index (κ2) is 5.36. The van der Waals surface area contributed by atoms with Crippen LogP contribution in [-0.2, 0) is 11.3 Å². The Balaban J connectivity index is 1.76. The Morgan fingerprint density at radius 2 is 2.18 bits per heavy atom. The monoisotopic (exact) mass is 237 g/mol. The standard InChI is InChI=1S/C13H19NO3/c15-12(14-10-11-5-4-8-17-11)9-13(16)6-2-1-3-7-13/h4-5,8,16H,1-3,6-7,9-10H2,(H,14,15). The smallest absolute Gasteiger partial charge is 0.223 e.